The number of ether oxygens (including phenoxy) is 1. The van der Waals surface area contributed by atoms with Gasteiger partial charge in [0, 0.05) is 11.1 Å². The predicted molar refractivity (Wildman–Crippen MR) is 128 cm³/mol. The predicted octanol–water partition coefficient (Wildman–Crippen LogP) is 3.85. The molecule has 1 aliphatic carbocycles. The Morgan fingerprint density at radius 2 is 1.76 bits per heavy atom. The fraction of sp³-hybridized carbons (Fsp3) is 0.462. The first-order valence-electron chi connectivity index (χ1n) is 11.7. The molecule has 0 unspecified atom stereocenters. The molecule has 180 valence electrons. The van der Waals surface area contributed by atoms with E-state index in [4.69, 9.17) is 4.74 Å². The number of urea groups is 1. The zero-order valence-electron chi connectivity index (χ0n) is 19.8. The number of amides is 4. The molecule has 2 aromatic rings. The lowest BCUT2D eigenvalue weighted by Gasteiger charge is -2.40. The van der Waals surface area contributed by atoms with Crippen LogP contribution in [0.1, 0.15) is 46.5 Å². The molecule has 34 heavy (non-hydrogen) atoms. The maximum Gasteiger partial charge on any atom is 0.326 e. The summed E-state index contributed by atoms with van der Waals surface area (Å²) in [6, 6.07) is 12.5. The quantitative estimate of drug-likeness (QED) is 0.516. The molecule has 1 spiro atoms. The Labute approximate surface area is 199 Å². The number of nitrogens with zero attached hydrogens (tertiary/aromatic N) is 1. The fourth-order valence-electron chi connectivity index (χ4n) is 4.98. The van der Waals surface area contributed by atoms with Gasteiger partial charge in [0.2, 0.25) is 0 Å². The van der Waals surface area contributed by atoms with Gasteiger partial charge in [-0.1, -0.05) is 57.2 Å². The minimum atomic E-state index is -0.940. The Balaban J connectivity index is 1.30. The van der Waals surface area contributed by atoms with E-state index >= 15 is 0 Å². The van der Waals surface area contributed by atoms with Crippen LogP contribution in [0.4, 0.5) is 10.5 Å². The topological polar surface area (TPSA) is 105 Å². The average molecular weight is 466 g/mol. The molecule has 0 radical (unpaired) electrons. The summed E-state index contributed by atoms with van der Waals surface area (Å²) in [5.74, 6) is -1.22. The molecule has 0 atom stereocenters. The van der Waals surface area contributed by atoms with Crippen molar-refractivity contribution in [3.8, 4) is 0 Å². The lowest BCUT2D eigenvalue weighted by molar-refractivity contribution is -0.150. The second-order valence-electron chi connectivity index (χ2n) is 10.3. The summed E-state index contributed by atoms with van der Waals surface area (Å²) in [7, 11) is 0. The molecule has 1 saturated heterocycles. The molecule has 1 aliphatic heterocycles. The zero-order valence-corrected chi connectivity index (χ0v) is 19.8. The number of hydrogen-bond donors (Lipinski definition) is 2. The highest BCUT2D eigenvalue weighted by Gasteiger charge is 2.53. The first-order valence-corrected chi connectivity index (χ1v) is 11.7. The van der Waals surface area contributed by atoms with Crippen LogP contribution < -0.4 is 10.6 Å². The molecule has 4 rings (SSSR count). The molecule has 2 aromatic carbocycles. The summed E-state index contributed by atoms with van der Waals surface area (Å²) in [5.41, 5.74) is -0.185. The highest BCUT2D eigenvalue weighted by atomic mass is 16.5. The van der Waals surface area contributed by atoms with Gasteiger partial charge in [0.25, 0.3) is 11.8 Å². The maximum atomic E-state index is 13.0. The Hall–Kier alpha value is -3.42. The molecule has 1 heterocycles. The van der Waals surface area contributed by atoms with Crippen molar-refractivity contribution in [2.24, 2.45) is 11.3 Å². The number of nitrogens with one attached hydrogen (secondary N) is 2. The highest BCUT2D eigenvalue weighted by molar-refractivity contribution is 6.09. The van der Waals surface area contributed by atoms with Crippen molar-refractivity contribution in [2.75, 3.05) is 18.5 Å². The molecule has 0 aromatic heterocycles. The van der Waals surface area contributed by atoms with Gasteiger partial charge in [0.15, 0.2) is 6.61 Å². The molecule has 8 nitrogen and oxygen atoms in total. The van der Waals surface area contributed by atoms with E-state index in [-0.39, 0.29) is 11.3 Å². The molecule has 0 bridgehead atoms. The number of carbonyl (C=O) groups excluding carboxylic acids is 4. The van der Waals surface area contributed by atoms with E-state index in [2.05, 4.69) is 31.4 Å². The van der Waals surface area contributed by atoms with Crippen LogP contribution in [0.3, 0.4) is 0 Å². The number of benzene rings is 2. The Bertz CT molecular complexity index is 1120. The number of carbonyl (C=O) groups is 4. The van der Waals surface area contributed by atoms with Gasteiger partial charge < -0.3 is 15.4 Å². The average Bonchev–Trinajstić information content (AvgIpc) is 3.01. The number of fused-ring (bicyclic) bond motifs is 1. The van der Waals surface area contributed by atoms with Gasteiger partial charge in [0.1, 0.15) is 12.1 Å². The molecular formula is C26H31N3O5. The molecule has 8 heteroatoms. The van der Waals surface area contributed by atoms with Crippen molar-refractivity contribution in [1.29, 1.82) is 0 Å². The summed E-state index contributed by atoms with van der Waals surface area (Å²) in [4.78, 5) is 51.1. The van der Waals surface area contributed by atoms with Crippen LogP contribution >= 0.6 is 0 Å². The summed E-state index contributed by atoms with van der Waals surface area (Å²) in [6.45, 7) is 5.52. The van der Waals surface area contributed by atoms with Crippen LogP contribution in [0.15, 0.2) is 42.5 Å². The Morgan fingerprint density at radius 3 is 2.47 bits per heavy atom. The van der Waals surface area contributed by atoms with Gasteiger partial charge in [-0.25, -0.2) is 4.79 Å². The second-order valence-corrected chi connectivity index (χ2v) is 10.3. The summed E-state index contributed by atoms with van der Waals surface area (Å²) in [6.07, 6.45) is 2.78. The maximum absolute atomic E-state index is 13.0. The number of hydrogen-bond acceptors (Lipinski definition) is 5. The summed E-state index contributed by atoms with van der Waals surface area (Å²) < 4.78 is 5.06. The lowest BCUT2D eigenvalue weighted by Crippen LogP contribution is -2.50. The second kappa shape index (κ2) is 9.08. The van der Waals surface area contributed by atoms with E-state index < -0.39 is 36.6 Å². The monoisotopic (exact) mass is 465 g/mol. The smallest absolute Gasteiger partial charge is 0.326 e. The lowest BCUT2D eigenvalue weighted by atomic mass is 9.67. The van der Waals surface area contributed by atoms with Gasteiger partial charge in [-0.3, -0.25) is 19.3 Å². The van der Waals surface area contributed by atoms with E-state index in [1.165, 1.54) is 0 Å². The third kappa shape index (κ3) is 4.76. The minimum absolute atomic E-state index is 0.142. The molecule has 4 amide bonds. The van der Waals surface area contributed by atoms with Crippen molar-refractivity contribution in [2.45, 2.75) is 52.0 Å². The van der Waals surface area contributed by atoms with Crippen LogP contribution in [0, 0.1) is 11.3 Å². The van der Waals surface area contributed by atoms with Gasteiger partial charge in [0.05, 0.1) is 0 Å². The minimum Gasteiger partial charge on any atom is -0.454 e. The van der Waals surface area contributed by atoms with Crippen LogP contribution in [0.2, 0.25) is 0 Å². The molecule has 2 fully saturated rings. The number of rotatable bonds is 5. The van der Waals surface area contributed by atoms with Crippen LogP contribution in [-0.4, -0.2) is 47.4 Å². The molecule has 1 saturated carbocycles. The van der Waals surface area contributed by atoms with Gasteiger partial charge >= 0.3 is 12.0 Å². The highest BCUT2D eigenvalue weighted by Crippen LogP contribution is 2.43. The number of esters is 1. The Kier molecular flexibility index (Phi) is 6.34. The third-order valence-corrected chi connectivity index (χ3v) is 7.02. The molecule has 2 N–H and O–H groups in total. The van der Waals surface area contributed by atoms with Crippen molar-refractivity contribution < 1.29 is 23.9 Å². The van der Waals surface area contributed by atoms with Crippen molar-refractivity contribution in [1.82, 2.24) is 10.2 Å². The normalized spacial score (nSPS) is 22.7. The number of anilines is 1. The fourth-order valence-corrected chi connectivity index (χ4v) is 4.98. The van der Waals surface area contributed by atoms with E-state index in [0.29, 0.717) is 24.4 Å². The largest absolute Gasteiger partial charge is 0.454 e. The van der Waals surface area contributed by atoms with Gasteiger partial charge in [-0.15, -0.1) is 0 Å². The Morgan fingerprint density at radius 1 is 1.09 bits per heavy atom. The van der Waals surface area contributed by atoms with Gasteiger partial charge in [-0.2, -0.15) is 0 Å². The van der Waals surface area contributed by atoms with Crippen LogP contribution in [0.5, 0.6) is 0 Å². The van der Waals surface area contributed by atoms with Crippen molar-refractivity contribution in [3.05, 3.63) is 42.5 Å². The van der Waals surface area contributed by atoms with Crippen molar-refractivity contribution >= 4 is 40.3 Å². The van der Waals surface area contributed by atoms with E-state index in [1.807, 2.05) is 36.4 Å². The standard InChI is InChI=1S/C26H31N3O5/c1-25(2,3)18-11-13-26(14-12-18)23(32)29(24(33)28-26)15-22(31)34-16-21(30)27-20-10-6-8-17-7-4-5-9-19(17)20/h4-10,18H,11-16H2,1-3H3,(H,27,30)(H,28,33). The third-order valence-electron chi connectivity index (χ3n) is 7.02. The first-order chi connectivity index (χ1) is 16.1. The first kappa shape index (κ1) is 23.7. The van der Waals surface area contributed by atoms with E-state index in [0.717, 1.165) is 28.5 Å². The SMILES string of the molecule is CC(C)(C)C1CCC2(CC1)NC(=O)N(CC(=O)OCC(=O)Nc1cccc3ccccc13)C2=O. The van der Waals surface area contributed by atoms with Crippen LogP contribution in [-0.2, 0) is 19.1 Å². The molecule has 2 aliphatic rings. The van der Waals surface area contributed by atoms with E-state index in [1.54, 1.807) is 6.07 Å². The van der Waals surface area contributed by atoms with Crippen LogP contribution in [0.25, 0.3) is 10.8 Å². The number of imide groups is 1. The van der Waals surface area contributed by atoms with Gasteiger partial charge in [-0.05, 0) is 48.5 Å². The van der Waals surface area contributed by atoms with E-state index in [9.17, 15) is 19.2 Å². The van der Waals surface area contributed by atoms with Crippen molar-refractivity contribution in [3.63, 3.8) is 0 Å². The molecular weight excluding hydrogens is 434 g/mol. The zero-order chi connectivity index (χ0) is 24.5. The summed E-state index contributed by atoms with van der Waals surface area (Å²) in [5, 5.41) is 7.39. The summed E-state index contributed by atoms with van der Waals surface area (Å²) >= 11 is 0.